The molecule has 0 fully saturated rings. The Hall–Kier alpha value is -1.49. The maximum Gasteiger partial charge on any atom is 0.181 e. The Balaban J connectivity index is 2.24. The topological polar surface area (TPSA) is 50.7 Å². The van der Waals surface area contributed by atoms with E-state index in [2.05, 4.69) is 48.0 Å². The van der Waals surface area contributed by atoms with Gasteiger partial charge in [0, 0.05) is 23.5 Å². The van der Waals surface area contributed by atoms with Crippen molar-refractivity contribution in [2.24, 2.45) is 0 Å². The molecule has 1 N–H and O–H groups in total. The van der Waals surface area contributed by atoms with E-state index in [-0.39, 0.29) is 5.41 Å². The molecule has 0 amide bonds. The molecule has 2 heterocycles. The Morgan fingerprint density at radius 3 is 2.68 bits per heavy atom. The van der Waals surface area contributed by atoms with Crippen LogP contribution in [0.4, 0.5) is 5.82 Å². The second-order valence-corrected chi connectivity index (χ2v) is 6.34. The van der Waals surface area contributed by atoms with Crippen LogP contribution in [0.15, 0.2) is 17.6 Å². The highest BCUT2D eigenvalue weighted by Gasteiger charge is 2.19. The third-order valence-corrected chi connectivity index (χ3v) is 3.85. The van der Waals surface area contributed by atoms with E-state index >= 15 is 0 Å². The molecule has 0 saturated carbocycles. The fourth-order valence-electron chi connectivity index (χ4n) is 1.55. The first kappa shape index (κ1) is 13.9. The Labute approximate surface area is 118 Å². The first-order chi connectivity index (χ1) is 9.00. The van der Waals surface area contributed by atoms with E-state index in [1.807, 2.05) is 11.4 Å². The second kappa shape index (κ2) is 5.65. The number of hydrogen-bond donors (Lipinski definition) is 1. The second-order valence-electron chi connectivity index (χ2n) is 5.48. The molecular weight excluding hydrogens is 256 g/mol. The van der Waals surface area contributed by atoms with Gasteiger partial charge in [-0.1, -0.05) is 27.7 Å². The Bertz CT molecular complexity index is 542. The van der Waals surface area contributed by atoms with Crippen molar-refractivity contribution in [2.45, 2.75) is 39.5 Å². The van der Waals surface area contributed by atoms with E-state index in [9.17, 15) is 0 Å². The van der Waals surface area contributed by atoms with Crippen molar-refractivity contribution in [1.29, 1.82) is 0 Å². The fraction of sp³-hybridized carbons (Fsp3) is 0.500. The van der Waals surface area contributed by atoms with Crippen LogP contribution >= 0.6 is 11.3 Å². The minimum absolute atomic E-state index is 0.0704. The molecule has 0 atom stereocenters. The first-order valence-electron chi connectivity index (χ1n) is 6.54. The molecule has 0 aliphatic carbocycles. The summed E-state index contributed by atoms with van der Waals surface area (Å²) in [6.07, 6.45) is 2.85. The molecule has 5 heteroatoms. The van der Waals surface area contributed by atoms with Gasteiger partial charge in [-0.25, -0.2) is 15.0 Å². The van der Waals surface area contributed by atoms with E-state index in [0.29, 0.717) is 5.82 Å². The van der Waals surface area contributed by atoms with Gasteiger partial charge in [0.25, 0.3) is 0 Å². The van der Waals surface area contributed by atoms with Crippen molar-refractivity contribution in [3.05, 3.63) is 22.7 Å². The lowest BCUT2D eigenvalue weighted by Gasteiger charge is -2.13. The van der Waals surface area contributed by atoms with Gasteiger partial charge < -0.3 is 5.32 Å². The maximum atomic E-state index is 4.64. The summed E-state index contributed by atoms with van der Waals surface area (Å²) < 4.78 is 0. The standard InChI is InChI=1S/C14H20N4S/c1-5-7-15-11-6-8-16-12(18-11)10-9-19-13(17-10)14(2,3)4/h6,8-9H,5,7H2,1-4H3,(H,15,16,18). The molecule has 2 rings (SSSR count). The first-order valence-corrected chi connectivity index (χ1v) is 7.42. The normalized spacial score (nSPS) is 11.6. The molecule has 19 heavy (non-hydrogen) atoms. The molecule has 2 aromatic rings. The van der Waals surface area contributed by atoms with Crippen LogP contribution in [-0.4, -0.2) is 21.5 Å². The van der Waals surface area contributed by atoms with Crippen LogP contribution in [0, 0.1) is 0 Å². The zero-order chi connectivity index (χ0) is 13.9. The van der Waals surface area contributed by atoms with Gasteiger partial charge in [-0.15, -0.1) is 11.3 Å². The summed E-state index contributed by atoms with van der Waals surface area (Å²) in [7, 11) is 0. The van der Waals surface area contributed by atoms with Gasteiger partial charge in [0.05, 0.1) is 5.01 Å². The fourth-order valence-corrected chi connectivity index (χ4v) is 2.44. The average molecular weight is 276 g/mol. The van der Waals surface area contributed by atoms with Crippen LogP contribution in [0.1, 0.15) is 39.1 Å². The largest absolute Gasteiger partial charge is 0.370 e. The molecule has 0 saturated heterocycles. The molecule has 102 valence electrons. The summed E-state index contributed by atoms with van der Waals surface area (Å²) in [5.41, 5.74) is 0.927. The van der Waals surface area contributed by atoms with Gasteiger partial charge in [-0.2, -0.15) is 0 Å². The predicted octanol–water partition coefficient (Wildman–Crippen LogP) is 3.72. The zero-order valence-corrected chi connectivity index (χ0v) is 12.7. The van der Waals surface area contributed by atoms with E-state index < -0.39 is 0 Å². The van der Waals surface area contributed by atoms with Gasteiger partial charge in [-0.05, 0) is 12.5 Å². The van der Waals surface area contributed by atoms with Gasteiger partial charge >= 0.3 is 0 Å². The number of hydrogen-bond acceptors (Lipinski definition) is 5. The van der Waals surface area contributed by atoms with Crippen molar-refractivity contribution in [3.63, 3.8) is 0 Å². The van der Waals surface area contributed by atoms with Gasteiger partial charge in [0.1, 0.15) is 11.5 Å². The third kappa shape index (κ3) is 3.50. The number of nitrogens with zero attached hydrogens (tertiary/aromatic N) is 3. The minimum Gasteiger partial charge on any atom is -0.370 e. The highest BCUT2D eigenvalue weighted by molar-refractivity contribution is 7.10. The SMILES string of the molecule is CCCNc1ccnc(-c2csc(C(C)(C)C)n2)n1. The van der Waals surface area contributed by atoms with Crippen molar-refractivity contribution >= 4 is 17.2 Å². The average Bonchev–Trinajstić information content (AvgIpc) is 2.86. The molecular formula is C14H20N4S. The monoisotopic (exact) mass is 276 g/mol. The van der Waals surface area contributed by atoms with E-state index in [0.717, 1.165) is 29.5 Å². The van der Waals surface area contributed by atoms with Crippen LogP contribution in [0.3, 0.4) is 0 Å². The highest BCUT2D eigenvalue weighted by atomic mass is 32.1. The molecule has 0 aliphatic heterocycles. The maximum absolute atomic E-state index is 4.64. The lowest BCUT2D eigenvalue weighted by Crippen LogP contribution is -2.10. The summed E-state index contributed by atoms with van der Waals surface area (Å²) >= 11 is 1.66. The smallest absolute Gasteiger partial charge is 0.181 e. The Kier molecular flexibility index (Phi) is 4.14. The van der Waals surface area contributed by atoms with Crippen LogP contribution < -0.4 is 5.32 Å². The van der Waals surface area contributed by atoms with Crippen molar-refractivity contribution < 1.29 is 0 Å². The summed E-state index contributed by atoms with van der Waals surface area (Å²) in [6, 6.07) is 1.89. The quantitative estimate of drug-likeness (QED) is 0.924. The van der Waals surface area contributed by atoms with Crippen molar-refractivity contribution in [2.75, 3.05) is 11.9 Å². The molecule has 0 unspecified atom stereocenters. The predicted molar refractivity (Wildman–Crippen MR) is 80.6 cm³/mol. The number of nitrogens with one attached hydrogen (secondary N) is 1. The number of rotatable bonds is 4. The van der Waals surface area contributed by atoms with E-state index in [1.165, 1.54) is 0 Å². The summed E-state index contributed by atoms with van der Waals surface area (Å²) in [5, 5.41) is 6.40. The van der Waals surface area contributed by atoms with Gasteiger partial charge in [0.2, 0.25) is 0 Å². The van der Waals surface area contributed by atoms with Gasteiger partial charge in [-0.3, -0.25) is 0 Å². The van der Waals surface area contributed by atoms with Crippen molar-refractivity contribution in [1.82, 2.24) is 15.0 Å². The highest BCUT2D eigenvalue weighted by Crippen LogP contribution is 2.28. The molecule has 2 aromatic heterocycles. The van der Waals surface area contributed by atoms with Gasteiger partial charge in [0.15, 0.2) is 5.82 Å². The minimum atomic E-state index is 0.0704. The number of anilines is 1. The van der Waals surface area contributed by atoms with Crippen LogP contribution in [0.25, 0.3) is 11.5 Å². The number of aromatic nitrogens is 3. The lowest BCUT2D eigenvalue weighted by atomic mass is 9.98. The van der Waals surface area contributed by atoms with Crippen LogP contribution in [0.5, 0.6) is 0 Å². The van der Waals surface area contributed by atoms with Crippen LogP contribution in [0.2, 0.25) is 0 Å². The summed E-state index contributed by atoms with van der Waals surface area (Å²) in [6.45, 7) is 9.53. The summed E-state index contributed by atoms with van der Waals surface area (Å²) in [5.74, 6) is 1.55. The molecule has 0 radical (unpaired) electrons. The lowest BCUT2D eigenvalue weighted by molar-refractivity contribution is 0.586. The van der Waals surface area contributed by atoms with E-state index in [4.69, 9.17) is 0 Å². The number of thiazole rings is 1. The molecule has 0 aromatic carbocycles. The molecule has 4 nitrogen and oxygen atoms in total. The molecule has 0 bridgehead atoms. The Morgan fingerprint density at radius 2 is 2.05 bits per heavy atom. The summed E-state index contributed by atoms with van der Waals surface area (Å²) in [4.78, 5) is 13.4. The van der Waals surface area contributed by atoms with Crippen LogP contribution in [-0.2, 0) is 5.41 Å². The Morgan fingerprint density at radius 1 is 1.26 bits per heavy atom. The molecule has 0 spiro atoms. The zero-order valence-electron chi connectivity index (χ0n) is 11.9. The van der Waals surface area contributed by atoms with E-state index in [1.54, 1.807) is 17.5 Å². The third-order valence-electron chi connectivity index (χ3n) is 2.59. The van der Waals surface area contributed by atoms with Crippen molar-refractivity contribution in [3.8, 4) is 11.5 Å². The molecule has 0 aliphatic rings.